The molecule has 4 aromatic heterocycles. The van der Waals surface area contributed by atoms with E-state index in [1.807, 2.05) is 6.20 Å². The van der Waals surface area contributed by atoms with Crippen LogP contribution in [-0.4, -0.2) is 19.1 Å². The van der Waals surface area contributed by atoms with Crippen molar-refractivity contribution in [2.45, 2.75) is 52.4 Å². The summed E-state index contributed by atoms with van der Waals surface area (Å²) in [5.41, 5.74) is 16.0. The SMILES string of the molecule is CC(C)(C)c1ccnc(-n2c3[c-]c(-c4cc5ccccc5c5c4[c-]c(-c4nc6ccccc6n4-c4ccc(-c6ccccc6)cc4C(C)(C)C)c4oc6cc(-c7ccccc7)ccc6c45)ccc3c3ccccc32)c1.[Pt+2]. The Morgan fingerprint density at radius 1 is 0.500 bits per heavy atom. The minimum Gasteiger partial charge on any atom is -0.491 e. The maximum absolute atomic E-state index is 7.35. The first kappa shape index (κ1) is 47.3. The fourth-order valence-electron chi connectivity index (χ4n) is 11.5. The van der Waals surface area contributed by atoms with Gasteiger partial charge in [0.15, 0.2) is 0 Å². The predicted molar refractivity (Wildman–Crippen MR) is 312 cm³/mol. The molecule has 0 aliphatic rings. The third kappa shape index (κ3) is 7.62. The zero-order valence-corrected chi connectivity index (χ0v) is 45.4. The van der Waals surface area contributed by atoms with Crippen molar-refractivity contribution in [1.29, 1.82) is 0 Å². The Morgan fingerprint density at radius 3 is 1.91 bits per heavy atom. The number of hydrogen-bond acceptors (Lipinski definition) is 3. The van der Waals surface area contributed by atoms with E-state index in [0.717, 1.165) is 121 Å². The Balaban J connectivity index is 0.00000553. The maximum Gasteiger partial charge on any atom is 2.00 e. The molecule has 5 nitrogen and oxygen atoms in total. The summed E-state index contributed by atoms with van der Waals surface area (Å²) in [4.78, 5) is 10.6. The van der Waals surface area contributed by atoms with E-state index in [9.17, 15) is 0 Å². The van der Waals surface area contributed by atoms with Gasteiger partial charge in [-0.25, -0.2) is 4.98 Å². The van der Waals surface area contributed by atoms with E-state index < -0.39 is 0 Å². The monoisotopic (exact) mass is 1160 g/mol. The van der Waals surface area contributed by atoms with Crippen LogP contribution in [-0.2, 0) is 31.9 Å². The summed E-state index contributed by atoms with van der Waals surface area (Å²) >= 11 is 0. The summed E-state index contributed by atoms with van der Waals surface area (Å²) in [6.07, 6.45) is 1.94. The van der Waals surface area contributed by atoms with Crippen molar-refractivity contribution < 1.29 is 25.5 Å². The number of aromatic nitrogens is 4. The van der Waals surface area contributed by atoms with Gasteiger partial charge in [-0.3, -0.25) is 4.98 Å². The van der Waals surface area contributed by atoms with Crippen LogP contribution in [0.25, 0.3) is 133 Å². The quantitative estimate of drug-likeness (QED) is 0.123. The van der Waals surface area contributed by atoms with Crippen molar-refractivity contribution in [2.24, 2.45) is 0 Å². The second-order valence-electron chi connectivity index (χ2n) is 22.0. The van der Waals surface area contributed by atoms with Gasteiger partial charge in [0.25, 0.3) is 0 Å². The average Bonchev–Trinajstić information content (AvgIpc) is 4.13. The third-order valence-corrected chi connectivity index (χ3v) is 15.2. The minimum atomic E-state index is -0.231. The average molecular weight is 1160 g/mol. The molecule has 0 saturated carbocycles. The van der Waals surface area contributed by atoms with Gasteiger partial charge in [-0.2, -0.15) is 0 Å². The smallest absolute Gasteiger partial charge is 0.491 e. The van der Waals surface area contributed by atoms with Crippen molar-refractivity contribution in [3.63, 3.8) is 0 Å². The van der Waals surface area contributed by atoms with Crippen LogP contribution in [0, 0.1) is 12.1 Å². The molecular formula is C70H52N4OPt. The number of rotatable bonds is 6. The Labute approximate surface area is 456 Å². The van der Waals surface area contributed by atoms with E-state index in [2.05, 4.69) is 263 Å². The molecule has 0 bridgehead atoms. The molecule has 0 radical (unpaired) electrons. The van der Waals surface area contributed by atoms with Crippen LogP contribution in [0.2, 0.25) is 0 Å². The summed E-state index contributed by atoms with van der Waals surface area (Å²) in [6, 6.07) is 79.9. The number of hydrogen-bond donors (Lipinski definition) is 0. The second kappa shape index (κ2) is 17.9. The molecule has 0 fully saturated rings. The molecule has 368 valence electrons. The molecule has 0 aliphatic heterocycles. The van der Waals surface area contributed by atoms with Gasteiger partial charge in [0, 0.05) is 22.8 Å². The summed E-state index contributed by atoms with van der Waals surface area (Å²) in [5, 5.41) is 8.61. The number of benzene rings is 10. The van der Waals surface area contributed by atoms with Gasteiger partial charge >= 0.3 is 21.1 Å². The standard InChI is InChI=1S/C70H52N4O.Pt/c1-69(2,3)49-35-36-71-64(41-49)73-59-27-17-15-25-51(59)52-32-30-48(39-62(52)73)54-37-47-23-13-14-24-50(47)65-55(54)42-56(67-66(65)53-33-29-46(40-63(53)75-67)44-21-11-8-12-22-44)68-72-58-26-16-18-28-61(58)74(68)60-34-31-45(38-57(60)70(4,5)6)43-19-9-7-10-20-43;/h7-38,40-41H,1-6H3;/q-2;+2. The van der Waals surface area contributed by atoms with E-state index >= 15 is 0 Å². The first-order valence-electron chi connectivity index (χ1n) is 25.9. The zero-order valence-electron chi connectivity index (χ0n) is 43.1. The first-order valence-corrected chi connectivity index (χ1v) is 25.9. The Morgan fingerprint density at radius 2 is 1.16 bits per heavy atom. The number of fused-ring (bicyclic) bond motifs is 11. The molecular weight excluding hydrogens is 1110 g/mol. The summed E-state index contributed by atoms with van der Waals surface area (Å²) in [5.74, 6) is 1.62. The fraction of sp³-hybridized carbons (Fsp3) is 0.114. The third-order valence-electron chi connectivity index (χ3n) is 15.2. The van der Waals surface area contributed by atoms with Crippen LogP contribution in [0.1, 0.15) is 52.7 Å². The Bertz CT molecular complexity index is 4610. The molecule has 10 aromatic carbocycles. The number of para-hydroxylation sites is 3. The van der Waals surface area contributed by atoms with Crippen molar-refractivity contribution in [3.05, 3.63) is 230 Å². The van der Waals surface area contributed by atoms with Gasteiger partial charge in [-0.05, 0) is 125 Å². The predicted octanol–water partition coefficient (Wildman–Crippen LogP) is 18.6. The molecule has 0 atom stereocenters. The maximum atomic E-state index is 7.35. The second-order valence-corrected chi connectivity index (χ2v) is 22.0. The van der Waals surface area contributed by atoms with E-state index in [1.54, 1.807) is 0 Å². The van der Waals surface area contributed by atoms with Gasteiger partial charge in [-0.15, -0.1) is 35.2 Å². The molecule has 4 heterocycles. The number of furan rings is 1. The summed E-state index contributed by atoms with van der Waals surface area (Å²) in [6.45, 7) is 13.6. The Hall–Kier alpha value is -8.37. The van der Waals surface area contributed by atoms with Gasteiger partial charge in [0.2, 0.25) is 0 Å². The first-order chi connectivity index (χ1) is 36.5. The molecule has 0 spiro atoms. The molecule has 0 aliphatic carbocycles. The molecule has 0 saturated heterocycles. The van der Waals surface area contributed by atoms with Crippen molar-refractivity contribution in [2.75, 3.05) is 0 Å². The minimum absolute atomic E-state index is 0. The molecule has 76 heavy (non-hydrogen) atoms. The van der Waals surface area contributed by atoms with Crippen molar-refractivity contribution in [3.8, 4) is 56.3 Å². The zero-order chi connectivity index (χ0) is 50.7. The molecule has 6 heteroatoms. The van der Waals surface area contributed by atoms with Crippen molar-refractivity contribution >= 4 is 76.3 Å². The largest absolute Gasteiger partial charge is 2.00 e. The van der Waals surface area contributed by atoms with Crippen LogP contribution >= 0.6 is 0 Å². The summed E-state index contributed by atoms with van der Waals surface area (Å²) in [7, 11) is 0. The number of nitrogens with zero attached hydrogens (tertiary/aromatic N) is 4. The van der Waals surface area contributed by atoms with E-state index in [-0.39, 0.29) is 31.9 Å². The number of pyridine rings is 1. The number of imidazole rings is 1. The van der Waals surface area contributed by atoms with Gasteiger partial charge in [-0.1, -0.05) is 197 Å². The normalized spacial score (nSPS) is 12.2. The molecule has 14 aromatic rings. The molecule has 0 amide bonds. The van der Waals surface area contributed by atoms with Crippen LogP contribution in [0.3, 0.4) is 0 Å². The Kier molecular flexibility index (Phi) is 11.2. The van der Waals surface area contributed by atoms with Crippen LogP contribution in [0.4, 0.5) is 0 Å². The summed E-state index contributed by atoms with van der Waals surface area (Å²) < 4.78 is 12.0. The molecule has 0 N–H and O–H groups in total. The molecule has 14 rings (SSSR count). The van der Waals surface area contributed by atoms with Crippen LogP contribution < -0.4 is 0 Å². The van der Waals surface area contributed by atoms with E-state index in [0.29, 0.717) is 0 Å². The van der Waals surface area contributed by atoms with Crippen LogP contribution in [0.5, 0.6) is 0 Å². The van der Waals surface area contributed by atoms with Crippen LogP contribution in [0.15, 0.2) is 211 Å². The van der Waals surface area contributed by atoms with E-state index in [4.69, 9.17) is 14.4 Å². The van der Waals surface area contributed by atoms with E-state index in [1.165, 1.54) is 22.3 Å². The molecule has 0 unspecified atom stereocenters. The van der Waals surface area contributed by atoms with Crippen molar-refractivity contribution in [1.82, 2.24) is 19.1 Å². The topological polar surface area (TPSA) is 48.8 Å². The fourth-order valence-corrected chi connectivity index (χ4v) is 11.5. The van der Waals surface area contributed by atoms with Gasteiger partial charge in [0.05, 0.1) is 22.4 Å². The van der Waals surface area contributed by atoms with Gasteiger partial charge in [0.1, 0.15) is 11.4 Å². The van der Waals surface area contributed by atoms with Gasteiger partial charge < -0.3 is 13.6 Å².